The normalized spacial score (nSPS) is 22.5. The highest BCUT2D eigenvalue weighted by Crippen LogP contribution is 2.33. The first-order valence-electron chi connectivity index (χ1n) is 10.5. The summed E-state index contributed by atoms with van der Waals surface area (Å²) < 4.78 is 1.53. The lowest BCUT2D eigenvalue weighted by atomic mass is 9.90. The van der Waals surface area contributed by atoms with E-state index in [2.05, 4.69) is 34.4 Å². The summed E-state index contributed by atoms with van der Waals surface area (Å²) in [5, 5.41) is 3.44. The zero-order chi connectivity index (χ0) is 19.5. The molecule has 4 rings (SSSR count). The summed E-state index contributed by atoms with van der Waals surface area (Å²) in [7, 11) is 2.08. The molecule has 2 saturated carbocycles. The molecule has 150 valence electrons. The van der Waals surface area contributed by atoms with E-state index >= 15 is 0 Å². The van der Waals surface area contributed by atoms with E-state index in [1.807, 2.05) is 12.1 Å². The van der Waals surface area contributed by atoms with Crippen LogP contribution in [0.3, 0.4) is 0 Å². The minimum absolute atomic E-state index is 0.251. The summed E-state index contributed by atoms with van der Waals surface area (Å²) in [6.45, 7) is 2.21. The minimum Gasteiger partial charge on any atom is -0.383 e. The van der Waals surface area contributed by atoms with Gasteiger partial charge in [-0.15, -0.1) is 0 Å². The molecule has 28 heavy (non-hydrogen) atoms. The number of aromatic nitrogens is 2. The molecule has 0 aliphatic heterocycles. The third-order valence-electron chi connectivity index (χ3n) is 6.24. The van der Waals surface area contributed by atoms with Crippen LogP contribution < -0.4 is 16.7 Å². The van der Waals surface area contributed by atoms with Gasteiger partial charge in [-0.1, -0.05) is 12.1 Å². The van der Waals surface area contributed by atoms with E-state index in [0.717, 1.165) is 18.2 Å². The van der Waals surface area contributed by atoms with Crippen molar-refractivity contribution in [1.82, 2.24) is 19.8 Å². The Labute approximate surface area is 166 Å². The van der Waals surface area contributed by atoms with E-state index in [9.17, 15) is 4.79 Å². The number of nitrogen functional groups attached to an aromatic ring is 1. The third kappa shape index (κ3) is 4.62. The molecule has 2 aliphatic carbocycles. The predicted octanol–water partition coefficient (Wildman–Crippen LogP) is 2.56. The van der Waals surface area contributed by atoms with Crippen LogP contribution in [-0.4, -0.2) is 40.1 Å². The molecular formula is C22H31N5O. The third-order valence-corrected chi connectivity index (χ3v) is 6.24. The number of nitrogens with one attached hydrogen (secondary N) is 1. The molecule has 6 heteroatoms. The van der Waals surface area contributed by atoms with Gasteiger partial charge in [0.2, 0.25) is 0 Å². The maximum atomic E-state index is 12.0. The van der Waals surface area contributed by atoms with Crippen LogP contribution in [0, 0.1) is 5.92 Å². The van der Waals surface area contributed by atoms with Crippen LogP contribution in [0.4, 0.5) is 5.82 Å². The van der Waals surface area contributed by atoms with E-state index in [0.29, 0.717) is 12.1 Å². The molecule has 0 unspecified atom stereocenters. The van der Waals surface area contributed by atoms with Gasteiger partial charge in [-0.25, -0.2) is 4.79 Å². The van der Waals surface area contributed by atoms with Crippen LogP contribution >= 0.6 is 0 Å². The Balaban J connectivity index is 1.45. The molecule has 3 N–H and O–H groups in total. The highest BCUT2D eigenvalue weighted by Gasteiger charge is 2.30. The Bertz CT molecular complexity index is 835. The van der Waals surface area contributed by atoms with Crippen LogP contribution in [0.25, 0.3) is 5.69 Å². The van der Waals surface area contributed by atoms with E-state index in [1.165, 1.54) is 55.2 Å². The fraction of sp³-hybridized carbons (Fsp3) is 0.545. The maximum Gasteiger partial charge on any atom is 0.354 e. The van der Waals surface area contributed by atoms with Crippen LogP contribution in [0.5, 0.6) is 0 Å². The SMILES string of the molecule is CN[C@H]1CC[C@H](N(Cc2ccc(-n3ccc(N)nc3=O)cc2)CC2CC2)CC1. The molecule has 2 fully saturated rings. The molecule has 0 bridgehead atoms. The molecule has 0 spiro atoms. The number of nitrogens with two attached hydrogens (primary N) is 1. The van der Waals surface area contributed by atoms with Crippen molar-refractivity contribution in [3.8, 4) is 5.69 Å². The zero-order valence-electron chi connectivity index (χ0n) is 16.7. The van der Waals surface area contributed by atoms with Crippen molar-refractivity contribution < 1.29 is 0 Å². The second kappa shape index (κ2) is 8.45. The second-order valence-electron chi connectivity index (χ2n) is 8.34. The lowest BCUT2D eigenvalue weighted by Crippen LogP contribution is -2.42. The summed E-state index contributed by atoms with van der Waals surface area (Å²) in [5.41, 5.74) is 7.37. The molecule has 0 radical (unpaired) electrons. The lowest BCUT2D eigenvalue weighted by molar-refractivity contribution is 0.131. The summed E-state index contributed by atoms with van der Waals surface area (Å²) in [4.78, 5) is 18.6. The van der Waals surface area contributed by atoms with Crippen molar-refractivity contribution in [2.24, 2.45) is 5.92 Å². The summed E-state index contributed by atoms with van der Waals surface area (Å²) in [5.74, 6) is 1.14. The summed E-state index contributed by atoms with van der Waals surface area (Å²) >= 11 is 0. The number of rotatable bonds is 7. The summed E-state index contributed by atoms with van der Waals surface area (Å²) in [6, 6.07) is 11.3. The van der Waals surface area contributed by atoms with Gasteiger partial charge in [-0.3, -0.25) is 9.47 Å². The highest BCUT2D eigenvalue weighted by molar-refractivity contribution is 5.36. The molecule has 0 atom stereocenters. The number of anilines is 1. The molecule has 2 aromatic rings. The molecule has 6 nitrogen and oxygen atoms in total. The van der Waals surface area contributed by atoms with Gasteiger partial charge in [-0.2, -0.15) is 4.98 Å². The standard InChI is InChI=1S/C22H31N5O/c1-24-18-6-10-19(11-7-18)26(14-16-2-3-16)15-17-4-8-20(9-5-17)27-13-12-21(23)25-22(27)28/h4-5,8-9,12-13,16,18-19,24H,2-3,6-7,10-11,14-15H2,1H3,(H2,23,25,28)/t18-,19-. The summed E-state index contributed by atoms with van der Waals surface area (Å²) in [6.07, 6.45) is 9.55. The Kier molecular flexibility index (Phi) is 5.78. The molecule has 1 aromatic carbocycles. The fourth-order valence-electron chi connectivity index (χ4n) is 4.31. The van der Waals surface area contributed by atoms with Crippen molar-refractivity contribution in [3.05, 3.63) is 52.6 Å². The van der Waals surface area contributed by atoms with E-state index in [1.54, 1.807) is 12.3 Å². The van der Waals surface area contributed by atoms with Crippen LogP contribution in [-0.2, 0) is 6.54 Å². The van der Waals surface area contributed by atoms with Crippen molar-refractivity contribution in [2.75, 3.05) is 19.3 Å². The molecule has 1 aromatic heterocycles. The van der Waals surface area contributed by atoms with Crippen LogP contribution in [0.1, 0.15) is 44.1 Å². The number of hydrogen-bond donors (Lipinski definition) is 2. The minimum atomic E-state index is -0.343. The molecule has 0 saturated heterocycles. The average molecular weight is 382 g/mol. The molecular weight excluding hydrogens is 350 g/mol. The average Bonchev–Trinajstić information content (AvgIpc) is 3.53. The van der Waals surface area contributed by atoms with Crippen molar-refractivity contribution in [1.29, 1.82) is 0 Å². The largest absolute Gasteiger partial charge is 0.383 e. The fourth-order valence-corrected chi connectivity index (χ4v) is 4.31. The predicted molar refractivity (Wildman–Crippen MR) is 112 cm³/mol. The quantitative estimate of drug-likeness (QED) is 0.771. The Hall–Kier alpha value is -2.18. The Morgan fingerprint density at radius 1 is 1.11 bits per heavy atom. The van der Waals surface area contributed by atoms with Crippen LogP contribution in [0.15, 0.2) is 41.3 Å². The van der Waals surface area contributed by atoms with Gasteiger partial charge in [-0.05, 0) is 75.3 Å². The van der Waals surface area contributed by atoms with Crippen molar-refractivity contribution in [2.45, 2.75) is 57.2 Å². The first kappa shape index (κ1) is 19.2. The number of benzene rings is 1. The molecule has 2 aliphatic rings. The lowest BCUT2D eigenvalue weighted by Gasteiger charge is -2.37. The van der Waals surface area contributed by atoms with Crippen molar-refractivity contribution in [3.63, 3.8) is 0 Å². The maximum absolute atomic E-state index is 12.0. The van der Waals surface area contributed by atoms with Gasteiger partial charge >= 0.3 is 5.69 Å². The first-order valence-corrected chi connectivity index (χ1v) is 10.5. The monoisotopic (exact) mass is 381 g/mol. The van der Waals surface area contributed by atoms with E-state index in [4.69, 9.17) is 5.73 Å². The second-order valence-corrected chi connectivity index (χ2v) is 8.34. The van der Waals surface area contributed by atoms with E-state index < -0.39 is 0 Å². The van der Waals surface area contributed by atoms with Gasteiger partial charge in [0.15, 0.2) is 0 Å². The van der Waals surface area contributed by atoms with Gasteiger partial charge in [0.05, 0.1) is 5.69 Å². The van der Waals surface area contributed by atoms with Gasteiger partial charge < -0.3 is 11.1 Å². The smallest absolute Gasteiger partial charge is 0.354 e. The van der Waals surface area contributed by atoms with Gasteiger partial charge in [0.25, 0.3) is 0 Å². The van der Waals surface area contributed by atoms with Gasteiger partial charge in [0.1, 0.15) is 5.82 Å². The first-order chi connectivity index (χ1) is 13.6. The van der Waals surface area contributed by atoms with Crippen molar-refractivity contribution >= 4 is 5.82 Å². The zero-order valence-corrected chi connectivity index (χ0v) is 16.7. The Morgan fingerprint density at radius 3 is 2.43 bits per heavy atom. The number of nitrogens with zero attached hydrogens (tertiary/aromatic N) is 3. The van der Waals surface area contributed by atoms with Crippen LogP contribution in [0.2, 0.25) is 0 Å². The molecule has 0 amide bonds. The Morgan fingerprint density at radius 2 is 1.82 bits per heavy atom. The number of hydrogen-bond acceptors (Lipinski definition) is 5. The van der Waals surface area contributed by atoms with Gasteiger partial charge in [0, 0.05) is 31.4 Å². The highest BCUT2D eigenvalue weighted by atomic mass is 16.1. The molecule has 1 heterocycles. The van der Waals surface area contributed by atoms with E-state index in [-0.39, 0.29) is 11.5 Å². The topological polar surface area (TPSA) is 76.2 Å².